The summed E-state index contributed by atoms with van der Waals surface area (Å²) in [5, 5.41) is 3.23. The first-order chi connectivity index (χ1) is 9.72. The number of ether oxygens (including phenoxy) is 3. The van der Waals surface area contributed by atoms with E-state index >= 15 is 0 Å². The Morgan fingerprint density at radius 2 is 1.85 bits per heavy atom. The number of hydrogen-bond acceptors (Lipinski definition) is 5. The lowest BCUT2D eigenvalue weighted by Crippen LogP contribution is -2.31. The number of esters is 1. The van der Waals surface area contributed by atoms with Gasteiger partial charge >= 0.3 is 5.97 Å². The van der Waals surface area contributed by atoms with Crippen LogP contribution in [0.25, 0.3) is 0 Å². The van der Waals surface area contributed by atoms with Crippen LogP contribution in [-0.4, -0.2) is 39.1 Å². The van der Waals surface area contributed by atoms with Gasteiger partial charge in [-0.1, -0.05) is 18.2 Å². The second kappa shape index (κ2) is 9.47. The zero-order valence-corrected chi connectivity index (χ0v) is 12.3. The van der Waals surface area contributed by atoms with Crippen LogP contribution >= 0.6 is 0 Å². The van der Waals surface area contributed by atoms with E-state index in [2.05, 4.69) is 5.32 Å². The summed E-state index contributed by atoms with van der Waals surface area (Å²) in [4.78, 5) is 11.6. The third kappa shape index (κ3) is 5.28. The number of methoxy groups -OCH3 is 1. The number of benzene rings is 1. The number of carbonyl (C=O) groups is 1. The molecule has 0 aliphatic heterocycles. The molecular weight excluding hydrogens is 258 g/mol. The predicted molar refractivity (Wildman–Crippen MR) is 76.5 cm³/mol. The first kappa shape index (κ1) is 16.6. The van der Waals surface area contributed by atoms with Gasteiger partial charge in [-0.25, -0.2) is 4.79 Å². The van der Waals surface area contributed by atoms with Crippen LogP contribution in [0.15, 0.2) is 24.3 Å². The highest BCUT2D eigenvalue weighted by Gasteiger charge is 2.12. The summed E-state index contributed by atoms with van der Waals surface area (Å²) in [6.07, 6.45) is -0.268. The van der Waals surface area contributed by atoms with Gasteiger partial charge in [-0.3, -0.25) is 0 Å². The summed E-state index contributed by atoms with van der Waals surface area (Å²) < 4.78 is 15.7. The second-order valence-electron chi connectivity index (χ2n) is 4.12. The van der Waals surface area contributed by atoms with Crippen molar-refractivity contribution in [3.05, 3.63) is 35.4 Å². The lowest BCUT2D eigenvalue weighted by molar-refractivity contribution is -0.133. The third-order valence-corrected chi connectivity index (χ3v) is 2.75. The summed E-state index contributed by atoms with van der Waals surface area (Å²) in [6.45, 7) is 6.19. The lowest BCUT2D eigenvalue weighted by atomic mass is 10.1. The maximum absolute atomic E-state index is 11.6. The average Bonchev–Trinajstić information content (AvgIpc) is 2.47. The van der Waals surface area contributed by atoms with Crippen molar-refractivity contribution >= 4 is 5.97 Å². The highest BCUT2D eigenvalue weighted by atomic mass is 16.7. The Bertz CT molecular complexity index is 403. The van der Waals surface area contributed by atoms with Crippen LogP contribution in [0, 0.1) is 0 Å². The second-order valence-corrected chi connectivity index (χ2v) is 4.12. The molecule has 0 atom stereocenters. The van der Waals surface area contributed by atoms with Gasteiger partial charge in [-0.05, 0) is 25.5 Å². The normalized spacial score (nSPS) is 10.8. The van der Waals surface area contributed by atoms with E-state index in [1.54, 1.807) is 6.07 Å². The highest BCUT2D eigenvalue weighted by molar-refractivity contribution is 5.90. The van der Waals surface area contributed by atoms with Crippen molar-refractivity contribution in [2.75, 3.05) is 26.9 Å². The zero-order chi connectivity index (χ0) is 14.8. The van der Waals surface area contributed by atoms with Crippen molar-refractivity contribution < 1.29 is 19.0 Å². The molecule has 5 nitrogen and oxygen atoms in total. The van der Waals surface area contributed by atoms with E-state index < -0.39 is 0 Å². The van der Waals surface area contributed by atoms with E-state index in [1.165, 1.54) is 7.11 Å². The first-order valence-electron chi connectivity index (χ1n) is 6.83. The monoisotopic (exact) mass is 281 g/mol. The van der Waals surface area contributed by atoms with E-state index in [-0.39, 0.29) is 12.3 Å². The molecule has 0 saturated heterocycles. The minimum absolute atomic E-state index is 0.268. The molecule has 5 heteroatoms. The molecular formula is C15H23NO4. The Labute approximate surface area is 120 Å². The molecule has 0 aliphatic carbocycles. The summed E-state index contributed by atoms with van der Waals surface area (Å²) >= 11 is 0. The fraction of sp³-hybridized carbons (Fsp3) is 0.533. The maximum Gasteiger partial charge on any atom is 0.338 e. The van der Waals surface area contributed by atoms with E-state index in [9.17, 15) is 4.79 Å². The first-order valence-corrected chi connectivity index (χ1v) is 6.83. The molecule has 0 radical (unpaired) electrons. The van der Waals surface area contributed by atoms with Gasteiger partial charge in [-0.15, -0.1) is 0 Å². The molecule has 0 amide bonds. The SMILES string of the molecule is CCOC(CNCc1ccccc1C(=O)OC)OCC. The molecule has 1 aromatic rings. The fourth-order valence-corrected chi connectivity index (χ4v) is 1.85. The number of hydrogen-bond donors (Lipinski definition) is 1. The van der Waals surface area contributed by atoms with E-state index in [0.717, 1.165) is 5.56 Å². The van der Waals surface area contributed by atoms with Crippen LogP contribution in [0.5, 0.6) is 0 Å². The Kier molecular flexibility index (Phi) is 7.87. The fourth-order valence-electron chi connectivity index (χ4n) is 1.85. The molecule has 1 aromatic carbocycles. The molecule has 0 aromatic heterocycles. The van der Waals surface area contributed by atoms with Crippen molar-refractivity contribution in [2.24, 2.45) is 0 Å². The third-order valence-electron chi connectivity index (χ3n) is 2.75. The molecule has 0 aliphatic rings. The van der Waals surface area contributed by atoms with Crippen LogP contribution in [0.4, 0.5) is 0 Å². The molecule has 0 heterocycles. The molecule has 112 valence electrons. The van der Waals surface area contributed by atoms with E-state index in [0.29, 0.717) is 31.9 Å². The van der Waals surface area contributed by atoms with Gasteiger partial charge in [0.05, 0.1) is 12.7 Å². The van der Waals surface area contributed by atoms with Crippen molar-refractivity contribution in [1.82, 2.24) is 5.32 Å². The smallest absolute Gasteiger partial charge is 0.338 e. The van der Waals surface area contributed by atoms with Crippen LogP contribution in [0.1, 0.15) is 29.8 Å². The van der Waals surface area contributed by atoms with Crippen molar-refractivity contribution in [3.63, 3.8) is 0 Å². The lowest BCUT2D eigenvalue weighted by Gasteiger charge is -2.17. The van der Waals surface area contributed by atoms with E-state index in [1.807, 2.05) is 32.0 Å². The number of rotatable bonds is 9. The van der Waals surface area contributed by atoms with Gasteiger partial charge in [0.1, 0.15) is 0 Å². The van der Waals surface area contributed by atoms with Crippen molar-refractivity contribution in [3.8, 4) is 0 Å². The Morgan fingerprint density at radius 3 is 2.45 bits per heavy atom. The molecule has 0 saturated carbocycles. The van der Waals surface area contributed by atoms with Gasteiger partial charge in [0.25, 0.3) is 0 Å². The van der Waals surface area contributed by atoms with Gasteiger partial charge < -0.3 is 19.5 Å². The van der Waals surface area contributed by atoms with Gasteiger partial charge in [0.2, 0.25) is 0 Å². The number of nitrogens with one attached hydrogen (secondary N) is 1. The molecule has 1 rings (SSSR count). The largest absolute Gasteiger partial charge is 0.465 e. The van der Waals surface area contributed by atoms with Crippen LogP contribution < -0.4 is 5.32 Å². The van der Waals surface area contributed by atoms with Crippen molar-refractivity contribution in [2.45, 2.75) is 26.7 Å². The Hall–Kier alpha value is -1.43. The summed E-state index contributed by atoms with van der Waals surface area (Å²) in [5.41, 5.74) is 1.47. The molecule has 1 N–H and O–H groups in total. The quantitative estimate of drug-likeness (QED) is 0.554. The maximum atomic E-state index is 11.6. The summed E-state index contributed by atoms with van der Waals surface area (Å²) in [6, 6.07) is 7.37. The van der Waals surface area contributed by atoms with Crippen LogP contribution in [0.2, 0.25) is 0 Å². The summed E-state index contributed by atoms with van der Waals surface area (Å²) in [5.74, 6) is -0.325. The Morgan fingerprint density at radius 1 is 1.20 bits per heavy atom. The minimum atomic E-state index is -0.325. The average molecular weight is 281 g/mol. The summed E-state index contributed by atoms with van der Waals surface area (Å²) in [7, 11) is 1.38. The highest BCUT2D eigenvalue weighted by Crippen LogP contribution is 2.10. The molecule has 20 heavy (non-hydrogen) atoms. The molecule has 0 bridgehead atoms. The topological polar surface area (TPSA) is 56.8 Å². The predicted octanol–water partition coefficient (Wildman–Crippen LogP) is 1.96. The molecule has 0 spiro atoms. The number of carbonyl (C=O) groups excluding carboxylic acids is 1. The van der Waals surface area contributed by atoms with Crippen LogP contribution in [0.3, 0.4) is 0 Å². The molecule has 0 unspecified atom stereocenters. The van der Waals surface area contributed by atoms with Gasteiger partial charge in [0.15, 0.2) is 6.29 Å². The van der Waals surface area contributed by atoms with Gasteiger partial charge in [-0.2, -0.15) is 0 Å². The van der Waals surface area contributed by atoms with Gasteiger partial charge in [0, 0.05) is 26.3 Å². The standard InChI is InChI=1S/C15H23NO4/c1-4-19-14(20-5-2)11-16-10-12-8-6-7-9-13(12)15(17)18-3/h6-9,14,16H,4-5,10-11H2,1-3H3. The zero-order valence-electron chi connectivity index (χ0n) is 12.3. The van der Waals surface area contributed by atoms with E-state index in [4.69, 9.17) is 14.2 Å². The Balaban J connectivity index is 2.54. The van der Waals surface area contributed by atoms with Crippen LogP contribution in [-0.2, 0) is 20.8 Å². The van der Waals surface area contributed by atoms with Crippen molar-refractivity contribution in [1.29, 1.82) is 0 Å². The minimum Gasteiger partial charge on any atom is -0.465 e. The molecule has 0 fully saturated rings.